The van der Waals surface area contributed by atoms with Crippen LogP contribution in [0.3, 0.4) is 0 Å². The van der Waals surface area contributed by atoms with Crippen LogP contribution in [0, 0.1) is 11.6 Å². The third kappa shape index (κ3) is 3.50. The van der Waals surface area contributed by atoms with Gasteiger partial charge in [-0.1, -0.05) is 24.3 Å². The van der Waals surface area contributed by atoms with Gasteiger partial charge in [0.2, 0.25) is 0 Å². The van der Waals surface area contributed by atoms with Gasteiger partial charge in [0.15, 0.2) is 11.6 Å². The molecule has 0 fully saturated rings. The molecule has 1 heterocycles. The molecule has 6 nitrogen and oxygen atoms in total. The molecule has 0 spiro atoms. The maximum absolute atomic E-state index is 13.5. The fourth-order valence-electron chi connectivity index (χ4n) is 2.26. The Morgan fingerprint density at radius 1 is 1.12 bits per heavy atom. The van der Waals surface area contributed by atoms with E-state index in [2.05, 4.69) is 9.71 Å². The smallest absolute Gasteiger partial charge is 0.328 e. The number of hydrogen-bond acceptors (Lipinski definition) is 5. The SMILES string of the molecule is O=C(CN=C1NS(=O)(=O)c2ccccc21)OCc1cccc(F)c1F. The van der Waals surface area contributed by atoms with Gasteiger partial charge >= 0.3 is 5.97 Å². The Labute approximate surface area is 142 Å². The third-order valence-corrected chi connectivity index (χ3v) is 4.85. The zero-order valence-electron chi connectivity index (χ0n) is 12.7. The average Bonchev–Trinajstić information content (AvgIpc) is 2.85. The van der Waals surface area contributed by atoms with Crippen molar-refractivity contribution >= 4 is 21.8 Å². The highest BCUT2D eigenvalue weighted by Crippen LogP contribution is 2.22. The van der Waals surface area contributed by atoms with E-state index in [4.69, 9.17) is 4.74 Å². The Hall–Kier alpha value is -2.81. The van der Waals surface area contributed by atoms with Crippen molar-refractivity contribution < 1.29 is 26.7 Å². The molecular formula is C16H12F2N2O4S. The molecule has 0 saturated heterocycles. The van der Waals surface area contributed by atoms with Crippen LogP contribution in [0.1, 0.15) is 11.1 Å². The summed E-state index contributed by atoms with van der Waals surface area (Å²) in [6, 6.07) is 9.73. The van der Waals surface area contributed by atoms with Crippen LogP contribution < -0.4 is 4.72 Å². The number of carbonyl (C=O) groups excluding carboxylic acids is 1. The molecule has 2 aromatic carbocycles. The normalized spacial score (nSPS) is 16.3. The second kappa shape index (κ2) is 6.60. The van der Waals surface area contributed by atoms with Gasteiger partial charge in [-0.15, -0.1) is 0 Å². The van der Waals surface area contributed by atoms with Crippen molar-refractivity contribution in [3.05, 3.63) is 65.2 Å². The number of nitrogens with zero attached hydrogens (tertiary/aromatic N) is 1. The number of aliphatic imine (C=N–C) groups is 1. The van der Waals surface area contributed by atoms with E-state index in [-0.39, 0.29) is 16.3 Å². The number of fused-ring (bicyclic) bond motifs is 1. The Balaban J connectivity index is 1.67. The Morgan fingerprint density at radius 3 is 2.68 bits per heavy atom. The zero-order chi connectivity index (χ0) is 18.0. The molecule has 0 unspecified atom stereocenters. The van der Waals surface area contributed by atoms with Crippen molar-refractivity contribution in [2.45, 2.75) is 11.5 Å². The molecule has 9 heteroatoms. The van der Waals surface area contributed by atoms with Crippen LogP contribution in [-0.4, -0.2) is 26.8 Å². The highest BCUT2D eigenvalue weighted by Gasteiger charge is 2.30. The summed E-state index contributed by atoms with van der Waals surface area (Å²) in [7, 11) is -3.69. The first-order valence-corrected chi connectivity index (χ1v) is 8.62. The molecule has 0 aromatic heterocycles. The second-order valence-corrected chi connectivity index (χ2v) is 6.79. The summed E-state index contributed by atoms with van der Waals surface area (Å²) in [6.45, 7) is -0.918. The molecule has 0 radical (unpaired) electrons. The number of esters is 1. The number of ether oxygens (including phenoxy) is 1. The number of sulfonamides is 1. The van der Waals surface area contributed by atoms with Gasteiger partial charge in [-0.2, -0.15) is 0 Å². The molecule has 1 N–H and O–H groups in total. The highest BCUT2D eigenvalue weighted by molar-refractivity contribution is 7.90. The summed E-state index contributed by atoms with van der Waals surface area (Å²) in [6.07, 6.45) is 0. The number of halogens is 2. The van der Waals surface area contributed by atoms with Crippen LogP contribution in [0.5, 0.6) is 0 Å². The standard InChI is InChI=1S/C16H12F2N2O4S/c17-12-6-3-4-10(15(12)18)9-24-14(21)8-19-16-11-5-1-2-7-13(11)25(22,23)20-16/h1-7H,8-9H2,(H,19,20). The van der Waals surface area contributed by atoms with E-state index in [1.807, 2.05) is 0 Å². The van der Waals surface area contributed by atoms with Crippen molar-refractivity contribution in [3.63, 3.8) is 0 Å². The first-order valence-electron chi connectivity index (χ1n) is 7.13. The van der Waals surface area contributed by atoms with Crippen molar-refractivity contribution in [1.82, 2.24) is 4.72 Å². The number of carbonyl (C=O) groups is 1. The quantitative estimate of drug-likeness (QED) is 0.836. The average molecular weight is 366 g/mol. The lowest BCUT2D eigenvalue weighted by Crippen LogP contribution is -2.23. The summed E-state index contributed by atoms with van der Waals surface area (Å²) in [4.78, 5) is 15.7. The van der Waals surface area contributed by atoms with Gasteiger partial charge in [-0.05, 0) is 18.2 Å². The summed E-state index contributed by atoms with van der Waals surface area (Å²) in [5.41, 5.74) is 0.249. The van der Waals surface area contributed by atoms with E-state index < -0.39 is 40.8 Å². The molecule has 1 aliphatic rings. The minimum atomic E-state index is -3.69. The number of amidine groups is 1. The van der Waals surface area contributed by atoms with Crippen LogP contribution in [-0.2, 0) is 26.2 Å². The van der Waals surface area contributed by atoms with Crippen LogP contribution in [0.4, 0.5) is 8.78 Å². The molecular weight excluding hydrogens is 354 g/mol. The summed E-state index contributed by atoms with van der Waals surface area (Å²) in [5.74, 6) is -2.89. The fraction of sp³-hybridized carbons (Fsp3) is 0.125. The lowest BCUT2D eigenvalue weighted by atomic mass is 10.2. The lowest BCUT2D eigenvalue weighted by molar-refractivity contribution is -0.143. The van der Waals surface area contributed by atoms with Gasteiger partial charge in [0.05, 0.1) is 4.90 Å². The predicted octanol–water partition coefficient (Wildman–Crippen LogP) is 1.75. The fourth-order valence-corrected chi connectivity index (χ4v) is 3.51. The van der Waals surface area contributed by atoms with Crippen LogP contribution in [0.25, 0.3) is 0 Å². The van der Waals surface area contributed by atoms with E-state index in [0.717, 1.165) is 6.07 Å². The minimum Gasteiger partial charge on any atom is -0.459 e. The highest BCUT2D eigenvalue weighted by atomic mass is 32.2. The number of hydrogen-bond donors (Lipinski definition) is 1. The summed E-state index contributed by atoms with van der Waals surface area (Å²) >= 11 is 0. The van der Waals surface area contributed by atoms with E-state index in [0.29, 0.717) is 5.56 Å². The molecule has 25 heavy (non-hydrogen) atoms. The van der Waals surface area contributed by atoms with Gasteiger partial charge < -0.3 is 4.74 Å². The van der Waals surface area contributed by atoms with Gasteiger partial charge in [0.25, 0.3) is 10.0 Å². The van der Waals surface area contributed by atoms with Crippen LogP contribution in [0.15, 0.2) is 52.4 Å². The molecule has 130 valence electrons. The molecule has 0 bridgehead atoms. The van der Waals surface area contributed by atoms with Crippen LogP contribution in [0.2, 0.25) is 0 Å². The van der Waals surface area contributed by atoms with Crippen molar-refractivity contribution in [1.29, 1.82) is 0 Å². The van der Waals surface area contributed by atoms with E-state index >= 15 is 0 Å². The monoisotopic (exact) mass is 366 g/mol. The lowest BCUT2D eigenvalue weighted by Gasteiger charge is -2.05. The minimum absolute atomic E-state index is 0.0319. The van der Waals surface area contributed by atoms with Crippen molar-refractivity contribution in [3.8, 4) is 0 Å². The van der Waals surface area contributed by atoms with Gasteiger partial charge in [-0.3, -0.25) is 14.5 Å². The number of rotatable bonds is 4. The van der Waals surface area contributed by atoms with Crippen LogP contribution >= 0.6 is 0 Å². The Bertz CT molecular complexity index is 974. The zero-order valence-corrected chi connectivity index (χ0v) is 13.5. The maximum Gasteiger partial charge on any atom is 0.328 e. The largest absolute Gasteiger partial charge is 0.459 e. The van der Waals surface area contributed by atoms with Crippen molar-refractivity contribution in [2.75, 3.05) is 6.54 Å². The van der Waals surface area contributed by atoms with E-state index in [1.54, 1.807) is 18.2 Å². The second-order valence-electron chi connectivity index (χ2n) is 5.14. The van der Waals surface area contributed by atoms with Gasteiger partial charge in [0, 0.05) is 11.1 Å². The molecule has 0 amide bonds. The van der Waals surface area contributed by atoms with Gasteiger partial charge in [-0.25, -0.2) is 17.2 Å². The Morgan fingerprint density at radius 2 is 1.88 bits per heavy atom. The van der Waals surface area contributed by atoms with E-state index in [9.17, 15) is 22.0 Å². The molecule has 3 rings (SSSR count). The maximum atomic E-state index is 13.5. The number of benzene rings is 2. The van der Waals surface area contributed by atoms with Gasteiger partial charge in [0.1, 0.15) is 19.0 Å². The van der Waals surface area contributed by atoms with E-state index in [1.165, 1.54) is 18.2 Å². The molecule has 0 aliphatic carbocycles. The first kappa shape index (κ1) is 17.0. The Kier molecular flexibility index (Phi) is 4.49. The molecule has 1 aliphatic heterocycles. The predicted molar refractivity (Wildman–Crippen MR) is 84.3 cm³/mol. The third-order valence-electron chi connectivity index (χ3n) is 3.45. The van der Waals surface area contributed by atoms with Crippen molar-refractivity contribution in [2.24, 2.45) is 4.99 Å². The molecule has 0 saturated carbocycles. The first-order chi connectivity index (χ1) is 11.9. The number of nitrogens with one attached hydrogen (secondary N) is 1. The molecule has 2 aromatic rings. The topological polar surface area (TPSA) is 84.8 Å². The summed E-state index contributed by atoms with van der Waals surface area (Å²) in [5, 5.41) is 0. The summed E-state index contributed by atoms with van der Waals surface area (Å²) < 4.78 is 57.4. The molecule has 0 atom stereocenters.